The zero-order valence-corrected chi connectivity index (χ0v) is 15.6. The summed E-state index contributed by atoms with van der Waals surface area (Å²) in [6.45, 7) is 9.60. The van der Waals surface area contributed by atoms with E-state index in [1.807, 2.05) is 17.7 Å². The predicted octanol–water partition coefficient (Wildman–Crippen LogP) is 2.88. The number of aryl methyl sites for hydroxylation is 2. The highest BCUT2D eigenvalue weighted by molar-refractivity contribution is 6.00. The fourth-order valence-electron chi connectivity index (χ4n) is 3.12. The van der Waals surface area contributed by atoms with Crippen LogP contribution in [0.4, 0.5) is 0 Å². The standard InChI is InChI=1S/C20H18N8/c1-14-6-18-17(7-15(14)4-5-21-2)16(9-25-28-12-23-24-13-28)8-19(26-18)20-10-22-11-27(20)3/h6-13H,4-5H2,1,3H3. The van der Waals surface area contributed by atoms with Gasteiger partial charge in [0, 0.05) is 24.4 Å². The van der Waals surface area contributed by atoms with Crippen molar-refractivity contribution in [3.05, 3.63) is 71.5 Å². The van der Waals surface area contributed by atoms with Crippen molar-refractivity contribution in [1.29, 1.82) is 0 Å². The molecule has 0 saturated carbocycles. The van der Waals surface area contributed by atoms with Crippen molar-refractivity contribution in [3.63, 3.8) is 0 Å². The van der Waals surface area contributed by atoms with Crippen LogP contribution in [0.3, 0.4) is 0 Å². The summed E-state index contributed by atoms with van der Waals surface area (Å²) >= 11 is 0. The molecule has 0 fully saturated rings. The first-order chi connectivity index (χ1) is 13.7. The third kappa shape index (κ3) is 3.38. The molecule has 0 saturated heterocycles. The molecular weight excluding hydrogens is 352 g/mol. The van der Waals surface area contributed by atoms with Gasteiger partial charge in [0.2, 0.25) is 6.54 Å². The van der Waals surface area contributed by atoms with Gasteiger partial charge in [-0.15, -0.1) is 10.2 Å². The molecular formula is C20H18N8. The molecule has 138 valence electrons. The third-order valence-electron chi connectivity index (χ3n) is 4.61. The molecule has 8 heteroatoms. The number of hydrogen-bond donors (Lipinski definition) is 0. The first-order valence-corrected chi connectivity index (χ1v) is 8.79. The van der Waals surface area contributed by atoms with Crippen LogP contribution in [0.15, 0.2) is 48.5 Å². The molecule has 0 N–H and O–H groups in total. The SMILES string of the molecule is [C-]#[N+]CCc1cc2c(C=Nn3cnnc3)cc(-c3cncn3C)nc2cc1C. The minimum atomic E-state index is 0.469. The average Bonchev–Trinajstić information content (AvgIpc) is 3.36. The lowest BCUT2D eigenvalue weighted by Crippen LogP contribution is -1.99. The Bertz CT molecular complexity index is 1200. The summed E-state index contributed by atoms with van der Waals surface area (Å²) < 4.78 is 3.48. The molecule has 8 nitrogen and oxygen atoms in total. The van der Waals surface area contributed by atoms with E-state index in [1.54, 1.807) is 23.4 Å². The van der Waals surface area contributed by atoms with E-state index in [0.29, 0.717) is 6.54 Å². The summed E-state index contributed by atoms with van der Waals surface area (Å²) in [4.78, 5) is 12.5. The van der Waals surface area contributed by atoms with Crippen LogP contribution < -0.4 is 0 Å². The Hall–Kier alpha value is -3.86. The summed E-state index contributed by atoms with van der Waals surface area (Å²) in [5, 5.41) is 13.0. The van der Waals surface area contributed by atoms with Crippen molar-refractivity contribution in [3.8, 4) is 11.4 Å². The lowest BCUT2D eigenvalue weighted by atomic mass is 9.99. The normalized spacial score (nSPS) is 11.3. The largest absolute Gasteiger partial charge is 0.332 e. The second-order valence-corrected chi connectivity index (χ2v) is 6.50. The van der Waals surface area contributed by atoms with E-state index in [4.69, 9.17) is 11.6 Å². The fraction of sp³-hybridized carbons (Fsp3) is 0.200. The molecule has 0 aliphatic rings. The van der Waals surface area contributed by atoms with E-state index in [0.717, 1.165) is 45.4 Å². The Labute approximate surface area is 162 Å². The summed E-state index contributed by atoms with van der Waals surface area (Å²) in [5.74, 6) is 0. The van der Waals surface area contributed by atoms with E-state index in [2.05, 4.69) is 44.2 Å². The highest BCUT2D eigenvalue weighted by Gasteiger charge is 2.12. The van der Waals surface area contributed by atoms with Gasteiger partial charge >= 0.3 is 0 Å². The van der Waals surface area contributed by atoms with Gasteiger partial charge in [-0.3, -0.25) is 0 Å². The first kappa shape index (κ1) is 17.5. The van der Waals surface area contributed by atoms with E-state index >= 15 is 0 Å². The Balaban J connectivity index is 1.90. The zero-order chi connectivity index (χ0) is 19.5. The van der Waals surface area contributed by atoms with Gasteiger partial charge in [-0.2, -0.15) is 5.10 Å². The zero-order valence-electron chi connectivity index (χ0n) is 15.6. The number of imidazole rings is 1. The molecule has 1 aromatic carbocycles. The summed E-state index contributed by atoms with van der Waals surface area (Å²) in [6.07, 6.45) is 9.12. The van der Waals surface area contributed by atoms with Gasteiger partial charge in [-0.25, -0.2) is 21.2 Å². The number of fused-ring (bicyclic) bond motifs is 1. The van der Waals surface area contributed by atoms with Crippen LogP contribution in [-0.2, 0) is 13.5 Å². The van der Waals surface area contributed by atoms with Crippen molar-refractivity contribution in [1.82, 2.24) is 29.4 Å². The molecule has 4 aromatic rings. The number of rotatable bonds is 5. The number of hydrogen-bond acceptors (Lipinski definition) is 5. The molecule has 0 aliphatic carbocycles. The smallest absolute Gasteiger partial charge is 0.218 e. The van der Waals surface area contributed by atoms with Gasteiger partial charge in [0.15, 0.2) is 0 Å². The molecule has 0 aliphatic heterocycles. The van der Waals surface area contributed by atoms with E-state index in [-0.39, 0.29) is 0 Å². The van der Waals surface area contributed by atoms with Crippen molar-refractivity contribution in [2.75, 3.05) is 6.54 Å². The fourth-order valence-corrected chi connectivity index (χ4v) is 3.12. The van der Waals surface area contributed by atoms with Gasteiger partial charge < -0.3 is 9.41 Å². The maximum atomic E-state index is 7.07. The minimum absolute atomic E-state index is 0.469. The van der Waals surface area contributed by atoms with Crippen molar-refractivity contribution in [2.24, 2.45) is 12.1 Å². The van der Waals surface area contributed by atoms with E-state index < -0.39 is 0 Å². The molecule has 4 rings (SSSR count). The summed E-state index contributed by atoms with van der Waals surface area (Å²) in [7, 11) is 1.94. The Morgan fingerprint density at radius 1 is 1.18 bits per heavy atom. The highest BCUT2D eigenvalue weighted by Crippen LogP contribution is 2.26. The molecule has 0 radical (unpaired) electrons. The maximum absolute atomic E-state index is 7.07. The second-order valence-electron chi connectivity index (χ2n) is 6.50. The first-order valence-electron chi connectivity index (χ1n) is 8.79. The molecule has 3 aromatic heterocycles. The quantitative estimate of drug-likeness (QED) is 0.400. The predicted molar refractivity (Wildman–Crippen MR) is 107 cm³/mol. The molecule has 0 atom stereocenters. The minimum Gasteiger partial charge on any atom is -0.332 e. The number of nitrogens with zero attached hydrogens (tertiary/aromatic N) is 8. The lowest BCUT2D eigenvalue weighted by molar-refractivity contribution is 0.878. The van der Waals surface area contributed by atoms with Crippen LogP contribution in [-0.4, -0.2) is 42.2 Å². The molecule has 0 spiro atoms. The van der Waals surface area contributed by atoms with Gasteiger partial charge in [-0.05, 0) is 36.2 Å². The van der Waals surface area contributed by atoms with E-state index in [9.17, 15) is 0 Å². The van der Waals surface area contributed by atoms with Crippen molar-refractivity contribution < 1.29 is 0 Å². The topological polar surface area (TPSA) is 78.1 Å². The van der Waals surface area contributed by atoms with Crippen molar-refractivity contribution >= 4 is 17.1 Å². The van der Waals surface area contributed by atoms with Crippen LogP contribution in [0.5, 0.6) is 0 Å². The van der Waals surface area contributed by atoms with Crippen LogP contribution in [0.1, 0.15) is 16.7 Å². The van der Waals surface area contributed by atoms with Crippen LogP contribution in [0.25, 0.3) is 27.1 Å². The number of aromatic nitrogens is 6. The summed E-state index contributed by atoms with van der Waals surface area (Å²) in [6, 6.07) is 6.19. The average molecular weight is 370 g/mol. The van der Waals surface area contributed by atoms with E-state index in [1.165, 1.54) is 12.7 Å². The maximum Gasteiger partial charge on any atom is 0.218 e. The van der Waals surface area contributed by atoms with Crippen LogP contribution in [0, 0.1) is 13.5 Å². The molecule has 28 heavy (non-hydrogen) atoms. The third-order valence-corrected chi connectivity index (χ3v) is 4.61. The van der Waals surface area contributed by atoms with Crippen LogP contribution >= 0.6 is 0 Å². The Kier molecular flexibility index (Phi) is 4.64. The molecule has 0 unspecified atom stereocenters. The second kappa shape index (κ2) is 7.40. The molecule has 0 amide bonds. The van der Waals surface area contributed by atoms with Gasteiger partial charge in [0.1, 0.15) is 12.7 Å². The highest BCUT2D eigenvalue weighted by atomic mass is 15.4. The number of pyridine rings is 1. The van der Waals surface area contributed by atoms with Crippen LogP contribution in [0.2, 0.25) is 0 Å². The Morgan fingerprint density at radius 3 is 2.71 bits per heavy atom. The van der Waals surface area contributed by atoms with Crippen molar-refractivity contribution in [2.45, 2.75) is 13.3 Å². The monoisotopic (exact) mass is 370 g/mol. The van der Waals surface area contributed by atoms with Gasteiger partial charge in [-0.1, -0.05) is 0 Å². The Morgan fingerprint density at radius 2 is 2.00 bits per heavy atom. The van der Waals surface area contributed by atoms with Gasteiger partial charge in [0.25, 0.3) is 0 Å². The number of benzene rings is 1. The lowest BCUT2D eigenvalue weighted by Gasteiger charge is -2.11. The summed E-state index contributed by atoms with van der Waals surface area (Å²) in [5.41, 5.74) is 5.85. The molecule has 3 heterocycles. The molecule has 0 bridgehead atoms. The van der Waals surface area contributed by atoms with Gasteiger partial charge in [0.05, 0.1) is 35.6 Å².